The van der Waals surface area contributed by atoms with Crippen LogP contribution in [-0.2, 0) is 4.79 Å². The fraction of sp³-hybridized carbons (Fsp3) is 0.579. The third kappa shape index (κ3) is 7.81. The van der Waals surface area contributed by atoms with Crippen molar-refractivity contribution < 1.29 is 14.5 Å². The molecular formula is C19H29N5O4. The molecule has 1 aliphatic carbocycles. The number of amides is 3. The minimum Gasteiger partial charge on any atom is -0.378 e. The van der Waals surface area contributed by atoms with Gasteiger partial charge >= 0.3 is 6.03 Å². The van der Waals surface area contributed by atoms with E-state index in [1.165, 1.54) is 12.5 Å². The van der Waals surface area contributed by atoms with E-state index in [1.54, 1.807) is 18.2 Å². The Labute approximate surface area is 164 Å². The Hall–Kier alpha value is -2.84. The number of hydrogen-bond donors (Lipinski definition) is 4. The van der Waals surface area contributed by atoms with E-state index in [1.807, 2.05) is 0 Å². The lowest BCUT2D eigenvalue weighted by atomic mass is 9.96. The zero-order valence-corrected chi connectivity index (χ0v) is 16.0. The first-order chi connectivity index (χ1) is 13.6. The van der Waals surface area contributed by atoms with Crippen LogP contribution >= 0.6 is 0 Å². The van der Waals surface area contributed by atoms with Crippen LogP contribution in [0.25, 0.3) is 0 Å². The largest absolute Gasteiger partial charge is 0.378 e. The predicted octanol–water partition coefficient (Wildman–Crippen LogP) is 2.54. The van der Waals surface area contributed by atoms with Crippen molar-refractivity contribution in [2.45, 2.75) is 51.0 Å². The topological polar surface area (TPSA) is 125 Å². The third-order valence-electron chi connectivity index (χ3n) is 4.67. The standard InChI is InChI=1S/C19H29N5O4/c25-18(11-6-12-22-19(26)23-15-7-2-1-3-8-15)21-14-13-20-16-9-4-5-10-17(16)24(27)28/h4-5,9-10,15,20H,1-3,6-8,11-14H2,(H,21,25)(H2,22,23,26). The van der Waals surface area contributed by atoms with Gasteiger partial charge in [-0.25, -0.2) is 4.79 Å². The molecule has 28 heavy (non-hydrogen) atoms. The third-order valence-corrected chi connectivity index (χ3v) is 4.67. The van der Waals surface area contributed by atoms with Gasteiger partial charge in [0.05, 0.1) is 4.92 Å². The number of nitrogens with one attached hydrogen (secondary N) is 4. The summed E-state index contributed by atoms with van der Waals surface area (Å²) in [6.45, 7) is 1.19. The molecule has 1 fully saturated rings. The first-order valence-corrected chi connectivity index (χ1v) is 9.84. The monoisotopic (exact) mass is 391 g/mol. The predicted molar refractivity (Wildman–Crippen MR) is 107 cm³/mol. The number of nitrogens with zero attached hydrogens (tertiary/aromatic N) is 1. The van der Waals surface area contributed by atoms with Crippen LogP contribution in [0.5, 0.6) is 0 Å². The summed E-state index contributed by atoms with van der Waals surface area (Å²) in [7, 11) is 0. The van der Waals surface area contributed by atoms with Gasteiger partial charge in [0, 0.05) is 38.2 Å². The van der Waals surface area contributed by atoms with Crippen LogP contribution in [0, 0.1) is 10.1 Å². The molecule has 3 amide bonds. The Balaban J connectivity index is 1.52. The quantitative estimate of drug-likeness (QED) is 0.277. The van der Waals surface area contributed by atoms with Crippen molar-refractivity contribution in [3.05, 3.63) is 34.4 Å². The zero-order valence-electron chi connectivity index (χ0n) is 16.0. The number of benzene rings is 1. The normalized spacial score (nSPS) is 14.1. The fourth-order valence-corrected chi connectivity index (χ4v) is 3.20. The van der Waals surface area contributed by atoms with E-state index in [-0.39, 0.29) is 23.7 Å². The Morgan fingerprint density at radius 2 is 1.79 bits per heavy atom. The van der Waals surface area contributed by atoms with E-state index in [4.69, 9.17) is 0 Å². The number of urea groups is 1. The number of para-hydroxylation sites is 2. The maximum atomic E-state index is 11.8. The van der Waals surface area contributed by atoms with E-state index in [9.17, 15) is 19.7 Å². The van der Waals surface area contributed by atoms with Crippen LogP contribution < -0.4 is 21.3 Å². The maximum Gasteiger partial charge on any atom is 0.315 e. The van der Waals surface area contributed by atoms with Crippen molar-refractivity contribution >= 4 is 23.3 Å². The molecule has 0 unspecified atom stereocenters. The van der Waals surface area contributed by atoms with Crippen molar-refractivity contribution in [2.75, 3.05) is 25.0 Å². The number of nitro benzene ring substituents is 1. The number of hydrogen-bond acceptors (Lipinski definition) is 5. The average Bonchev–Trinajstić information content (AvgIpc) is 2.69. The summed E-state index contributed by atoms with van der Waals surface area (Å²) in [5.74, 6) is -0.112. The lowest BCUT2D eigenvalue weighted by Gasteiger charge is -2.22. The van der Waals surface area contributed by atoms with Crippen molar-refractivity contribution in [1.29, 1.82) is 0 Å². The molecule has 0 heterocycles. The van der Waals surface area contributed by atoms with E-state index in [0.717, 1.165) is 25.7 Å². The van der Waals surface area contributed by atoms with Gasteiger partial charge in [-0.05, 0) is 25.3 Å². The number of nitro groups is 1. The Morgan fingerprint density at radius 1 is 1.04 bits per heavy atom. The summed E-state index contributed by atoms with van der Waals surface area (Å²) in [5.41, 5.74) is 0.432. The molecule has 9 heteroatoms. The van der Waals surface area contributed by atoms with Gasteiger partial charge in [-0.3, -0.25) is 14.9 Å². The summed E-state index contributed by atoms with van der Waals surface area (Å²) >= 11 is 0. The first-order valence-electron chi connectivity index (χ1n) is 9.84. The highest BCUT2D eigenvalue weighted by atomic mass is 16.6. The van der Waals surface area contributed by atoms with Gasteiger partial charge in [0.1, 0.15) is 5.69 Å². The molecule has 1 aromatic carbocycles. The highest BCUT2D eigenvalue weighted by Crippen LogP contribution is 2.22. The molecule has 154 valence electrons. The zero-order chi connectivity index (χ0) is 20.2. The smallest absolute Gasteiger partial charge is 0.315 e. The molecule has 1 aromatic rings. The Kier molecular flexibility index (Phi) is 9.03. The molecule has 0 aliphatic heterocycles. The Bertz CT molecular complexity index is 661. The molecule has 4 N–H and O–H groups in total. The van der Waals surface area contributed by atoms with Crippen LogP contribution in [0.1, 0.15) is 44.9 Å². The van der Waals surface area contributed by atoms with Crippen LogP contribution in [-0.4, -0.2) is 42.5 Å². The van der Waals surface area contributed by atoms with Crippen LogP contribution in [0.15, 0.2) is 24.3 Å². The van der Waals surface area contributed by atoms with Crippen molar-refractivity contribution in [2.24, 2.45) is 0 Å². The van der Waals surface area contributed by atoms with Gasteiger partial charge in [0.2, 0.25) is 5.91 Å². The summed E-state index contributed by atoms with van der Waals surface area (Å²) in [5, 5.41) is 22.4. The summed E-state index contributed by atoms with van der Waals surface area (Å²) < 4.78 is 0. The van der Waals surface area contributed by atoms with Gasteiger partial charge < -0.3 is 21.3 Å². The molecule has 0 aromatic heterocycles. The molecule has 0 saturated heterocycles. The Morgan fingerprint density at radius 3 is 2.54 bits per heavy atom. The lowest BCUT2D eigenvalue weighted by molar-refractivity contribution is -0.384. The highest BCUT2D eigenvalue weighted by molar-refractivity contribution is 5.76. The van der Waals surface area contributed by atoms with E-state index in [0.29, 0.717) is 38.2 Å². The highest BCUT2D eigenvalue weighted by Gasteiger charge is 2.15. The minimum absolute atomic E-state index is 0.00593. The van der Waals surface area contributed by atoms with Crippen molar-refractivity contribution in [3.63, 3.8) is 0 Å². The van der Waals surface area contributed by atoms with E-state index >= 15 is 0 Å². The summed E-state index contributed by atoms with van der Waals surface area (Å²) in [6.07, 6.45) is 6.52. The van der Waals surface area contributed by atoms with E-state index in [2.05, 4.69) is 21.3 Å². The van der Waals surface area contributed by atoms with Gasteiger partial charge in [-0.2, -0.15) is 0 Å². The minimum atomic E-state index is -0.446. The van der Waals surface area contributed by atoms with Crippen LogP contribution in [0.2, 0.25) is 0 Å². The molecule has 1 saturated carbocycles. The molecule has 9 nitrogen and oxygen atoms in total. The molecular weight excluding hydrogens is 362 g/mol. The van der Waals surface area contributed by atoms with Gasteiger partial charge in [-0.1, -0.05) is 31.4 Å². The summed E-state index contributed by atoms with van der Waals surface area (Å²) in [4.78, 5) is 34.1. The van der Waals surface area contributed by atoms with Gasteiger partial charge in [0.25, 0.3) is 5.69 Å². The van der Waals surface area contributed by atoms with Gasteiger partial charge in [-0.15, -0.1) is 0 Å². The molecule has 0 atom stereocenters. The van der Waals surface area contributed by atoms with Crippen molar-refractivity contribution in [3.8, 4) is 0 Å². The fourth-order valence-electron chi connectivity index (χ4n) is 3.20. The molecule has 1 aliphatic rings. The molecule has 0 radical (unpaired) electrons. The SMILES string of the molecule is O=C(CCCNC(=O)NC1CCCCC1)NCCNc1ccccc1[N+](=O)[O-]. The number of rotatable bonds is 10. The first kappa shape index (κ1) is 21.5. The number of anilines is 1. The second kappa shape index (κ2) is 11.8. The molecule has 0 bridgehead atoms. The average molecular weight is 391 g/mol. The molecule has 0 spiro atoms. The molecule has 2 rings (SSSR count). The lowest BCUT2D eigenvalue weighted by Crippen LogP contribution is -2.43. The van der Waals surface area contributed by atoms with Gasteiger partial charge in [0.15, 0.2) is 0 Å². The maximum absolute atomic E-state index is 11.8. The second-order valence-corrected chi connectivity index (χ2v) is 6.89. The summed E-state index contributed by atoms with van der Waals surface area (Å²) in [6, 6.07) is 6.48. The van der Waals surface area contributed by atoms with E-state index < -0.39 is 4.92 Å². The van der Waals surface area contributed by atoms with Crippen LogP contribution in [0.4, 0.5) is 16.2 Å². The second-order valence-electron chi connectivity index (χ2n) is 6.89. The number of carbonyl (C=O) groups is 2. The number of carbonyl (C=O) groups excluding carboxylic acids is 2. The van der Waals surface area contributed by atoms with Crippen LogP contribution in [0.3, 0.4) is 0 Å². The van der Waals surface area contributed by atoms with Crippen molar-refractivity contribution in [1.82, 2.24) is 16.0 Å².